The van der Waals surface area contributed by atoms with Gasteiger partial charge in [0.05, 0.1) is 6.54 Å². The lowest BCUT2D eigenvalue weighted by Gasteiger charge is -2.14. The Kier molecular flexibility index (Phi) is 5.45. The number of benzene rings is 2. The number of hydrogen-bond acceptors (Lipinski definition) is 4. The van der Waals surface area contributed by atoms with Crippen molar-refractivity contribution in [1.82, 2.24) is 9.80 Å². The highest BCUT2D eigenvalue weighted by molar-refractivity contribution is 6.45. The molecule has 1 saturated heterocycles. The molecule has 0 bridgehead atoms. The fourth-order valence-electron chi connectivity index (χ4n) is 2.92. The standard InChI is InChI=1S/C21H20N2O4/c1-2-3-13-22-19(25)20(26)23(21(22)27)14-18(24)17-11-9-16(10-12-17)15-7-5-4-6-8-15/h4-12H,2-3,13-14H2,1H3. The number of urea groups is 1. The molecule has 0 saturated carbocycles. The Bertz CT molecular complexity index is 875. The molecular formula is C21H20N2O4. The van der Waals surface area contributed by atoms with Crippen LogP contribution in [0.25, 0.3) is 11.1 Å². The van der Waals surface area contributed by atoms with Gasteiger partial charge in [-0.1, -0.05) is 67.9 Å². The number of nitrogens with zero attached hydrogens (tertiary/aromatic N) is 2. The van der Waals surface area contributed by atoms with Crippen molar-refractivity contribution in [3.05, 3.63) is 60.2 Å². The maximum absolute atomic E-state index is 12.5. The molecule has 3 rings (SSSR count). The van der Waals surface area contributed by atoms with Crippen molar-refractivity contribution < 1.29 is 19.2 Å². The molecule has 0 aliphatic carbocycles. The molecule has 1 aliphatic rings. The molecule has 2 aromatic carbocycles. The summed E-state index contributed by atoms with van der Waals surface area (Å²) in [5.41, 5.74) is 2.37. The molecule has 0 radical (unpaired) electrons. The Morgan fingerprint density at radius 3 is 2.04 bits per heavy atom. The number of rotatable bonds is 7. The Morgan fingerprint density at radius 2 is 1.41 bits per heavy atom. The minimum atomic E-state index is -0.939. The summed E-state index contributed by atoms with van der Waals surface area (Å²) in [7, 11) is 0. The summed E-state index contributed by atoms with van der Waals surface area (Å²) in [6, 6.07) is 16.0. The Morgan fingerprint density at radius 1 is 0.815 bits per heavy atom. The third-order valence-corrected chi connectivity index (χ3v) is 4.49. The predicted molar refractivity (Wildman–Crippen MR) is 99.9 cm³/mol. The molecule has 2 aromatic rings. The summed E-state index contributed by atoms with van der Waals surface area (Å²) in [4.78, 5) is 50.4. The summed E-state index contributed by atoms with van der Waals surface area (Å²) in [6.07, 6.45) is 1.41. The zero-order valence-corrected chi connectivity index (χ0v) is 15.1. The molecule has 0 unspecified atom stereocenters. The number of Topliss-reactive ketones (excluding diaryl/α,β-unsaturated/α-hetero) is 1. The first-order valence-electron chi connectivity index (χ1n) is 8.89. The Hall–Kier alpha value is -3.28. The van der Waals surface area contributed by atoms with Gasteiger partial charge in [0.15, 0.2) is 5.78 Å². The highest BCUT2D eigenvalue weighted by Crippen LogP contribution is 2.20. The van der Waals surface area contributed by atoms with Crippen molar-refractivity contribution >= 4 is 23.6 Å². The fraction of sp³-hybridized carbons (Fsp3) is 0.238. The first-order valence-corrected chi connectivity index (χ1v) is 8.89. The van der Waals surface area contributed by atoms with E-state index in [1.165, 1.54) is 0 Å². The SMILES string of the molecule is CCCCN1C(=O)C(=O)N(CC(=O)c2ccc(-c3ccccc3)cc2)C1=O. The van der Waals surface area contributed by atoms with Crippen LogP contribution in [0.4, 0.5) is 4.79 Å². The fourth-order valence-corrected chi connectivity index (χ4v) is 2.92. The molecule has 4 amide bonds. The van der Waals surface area contributed by atoms with Gasteiger partial charge in [-0.15, -0.1) is 0 Å². The van der Waals surface area contributed by atoms with Crippen molar-refractivity contribution in [3.8, 4) is 11.1 Å². The third-order valence-electron chi connectivity index (χ3n) is 4.49. The van der Waals surface area contributed by atoms with Crippen molar-refractivity contribution in [1.29, 1.82) is 0 Å². The van der Waals surface area contributed by atoms with Gasteiger partial charge in [-0.05, 0) is 17.5 Å². The van der Waals surface area contributed by atoms with Gasteiger partial charge in [-0.3, -0.25) is 19.3 Å². The van der Waals surface area contributed by atoms with Crippen LogP contribution in [0.2, 0.25) is 0 Å². The smallest absolute Gasteiger partial charge is 0.292 e. The number of imide groups is 2. The predicted octanol–water partition coefficient (Wildman–Crippen LogP) is 3.13. The minimum absolute atomic E-state index is 0.191. The van der Waals surface area contributed by atoms with Crippen molar-refractivity contribution in [2.75, 3.05) is 13.1 Å². The quantitative estimate of drug-likeness (QED) is 0.430. The van der Waals surface area contributed by atoms with E-state index in [2.05, 4.69) is 0 Å². The van der Waals surface area contributed by atoms with Crippen LogP contribution in [0.5, 0.6) is 0 Å². The molecule has 0 spiro atoms. The van der Waals surface area contributed by atoms with Gasteiger partial charge in [-0.2, -0.15) is 0 Å². The summed E-state index contributed by atoms with van der Waals surface area (Å²) >= 11 is 0. The second-order valence-corrected chi connectivity index (χ2v) is 6.35. The Balaban J connectivity index is 1.71. The van der Waals surface area contributed by atoms with E-state index in [1.54, 1.807) is 12.1 Å². The van der Waals surface area contributed by atoms with Crippen molar-refractivity contribution in [3.63, 3.8) is 0 Å². The maximum atomic E-state index is 12.5. The van der Waals surface area contributed by atoms with Gasteiger partial charge >= 0.3 is 17.8 Å². The lowest BCUT2D eigenvalue weighted by Crippen LogP contribution is -2.37. The minimum Gasteiger partial charge on any atom is -0.292 e. The van der Waals surface area contributed by atoms with Gasteiger partial charge in [0.2, 0.25) is 0 Å². The average molecular weight is 364 g/mol. The van der Waals surface area contributed by atoms with E-state index in [0.717, 1.165) is 27.3 Å². The molecule has 0 atom stereocenters. The van der Waals surface area contributed by atoms with Crippen molar-refractivity contribution in [2.24, 2.45) is 0 Å². The second-order valence-electron chi connectivity index (χ2n) is 6.35. The number of ketones is 1. The lowest BCUT2D eigenvalue weighted by atomic mass is 10.0. The van der Waals surface area contributed by atoms with Gasteiger partial charge in [0.25, 0.3) is 0 Å². The normalized spacial score (nSPS) is 14.2. The van der Waals surface area contributed by atoms with E-state index in [1.807, 2.05) is 49.4 Å². The molecule has 0 aromatic heterocycles. The second kappa shape index (κ2) is 7.95. The molecule has 1 heterocycles. The molecule has 27 heavy (non-hydrogen) atoms. The Labute approximate surface area is 157 Å². The van der Waals surface area contributed by atoms with Gasteiger partial charge in [-0.25, -0.2) is 9.69 Å². The topological polar surface area (TPSA) is 74.8 Å². The van der Waals surface area contributed by atoms with Crippen LogP contribution in [0.15, 0.2) is 54.6 Å². The molecule has 0 N–H and O–H groups in total. The summed E-state index contributed by atoms with van der Waals surface area (Å²) < 4.78 is 0. The number of hydrogen-bond donors (Lipinski definition) is 0. The van der Waals surface area contributed by atoms with E-state index < -0.39 is 24.4 Å². The molecular weight excluding hydrogens is 344 g/mol. The van der Waals surface area contributed by atoms with E-state index >= 15 is 0 Å². The highest BCUT2D eigenvalue weighted by atomic mass is 16.2. The van der Waals surface area contributed by atoms with Crippen LogP contribution < -0.4 is 0 Å². The zero-order chi connectivity index (χ0) is 19.4. The third kappa shape index (κ3) is 3.79. The van der Waals surface area contributed by atoms with E-state index in [0.29, 0.717) is 12.0 Å². The first-order chi connectivity index (χ1) is 13.0. The highest BCUT2D eigenvalue weighted by Gasteiger charge is 2.44. The van der Waals surface area contributed by atoms with E-state index in [4.69, 9.17) is 0 Å². The average Bonchev–Trinajstić information content (AvgIpc) is 2.90. The largest absolute Gasteiger partial charge is 0.334 e. The van der Waals surface area contributed by atoms with Gasteiger partial charge < -0.3 is 0 Å². The summed E-state index contributed by atoms with van der Waals surface area (Å²) in [5.74, 6) is -2.19. The zero-order valence-electron chi connectivity index (χ0n) is 15.1. The van der Waals surface area contributed by atoms with Crippen molar-refractivity contribution in [2.45, 2.75) is 19.8 Å². The summed E-state index contributed by atoms with van der Waals surface area (Å²) in [6.45, 7) is 1.68. The lowest BCUT2D eigenvalue weighted by molar-refractivity contribution is -0.143. The monoisotopic (exact) mass is 364 g/mol. The maximum Gasteiger partial charge on any atom is 0.334 e. The van der Waals surface area contributed by atoms with Crippen LogP contribution in [0, 0.1) is 0 Å². The van der Waals surface area contributed by atoms with Crippen LogP contribution >= 0.6 is 0 Å². The molecule has 1 aliphatic heterocycles. The van der Waals surface area contributed by atoms with Gasteiger partial charge in [0, 0.05) is 12.1 Å². The van der Waals surface area contributed by atoms with E-state index in [-0.39, 0.29) is 12.3 Å². The molecule has 138 valence electrons. The summed E-state index contributed by atoms with van der Waals surface area (Å²) in [5, 5.41) is 0. The van der Waals surface area contributed by atoms with Crippen LogP contribution in [0.1, 0.15) is 30.1 Å². The van der Waals surface area contributed by atoms with Gasteiger partial charge in [0.1, 0.15) is 0 Å². The van der Waals surface area contributed by atoms with Crippen LogP contribution in [0.3, 0.4) is 0 Å². The van der Waals surface area contributed by atoms with Crippen LogP contribution in [-0.2, 0) is 9.59 Å². The number of carbonyl (C=O) groups excluding carboxylic acids is 4. The number of amides is 4. The van der Waals surface area contributed by atoms with Crippen LogP contribution in [-0.4, -0.2) is 46.5 Å². The molecule has 1 fully saturated rings. The first kappa shape index (κ1) is 18.5. The van der Waals surface area contributed by atoms with E-state index in [9.17, 15) is 19.2 Å². The number of unbranched alkanes of at least 4 members (excludes halogenated alkanes) is 1. The molecule has 6 nitrogen and oxygen atoms in total. The number of carbonyl (C=O) groups is 4. The molecule has 6 heteroatoms.